The Morgan fingerprint density at radius 2 is 1.91 bits per heavy atom. The van der Waals surface area contributed by atoms with Gasteiger partial charge < -0.3 is 10.2 Å². The average molecular weight is 301 g/mol. The zero-order valence-corrected chi connectivity index (χ0v) is 13.2. The summed E-state index contributed by atoms with van der Waals surface area (Å²) in [6, 6.07) is 9.71. The summed E-state index contributed by atoms with van der Waals surface area (Å²) in [6.07, 6.45) is 1.35. The quantitative estimate of drug-likeness (QED) is 0.822. The Labute approximate surface area is 131 Å². The molecule has 0 unspecified atom stereocenters. The number of nitrogens with zero attached hydrogens (tertiary/aromatic N) is 1. The van der Waals surface area contributed by atoms with Gasteiger partial charge in [-0.25, -0.2) is 0 Å². The van der Waals surface area contributed by atoms with Crippen LogP contribution >= 0.6 is 0 Å². The third-order valence-corrected chi connectivity index (χ3v) is 3.76. The van der Waals surface area contributed by atoms with Gasteiger partial charge >= 0.3 is 0 Å². The molecule has 4 nitrogen and oxygen atoms in total. The van der Waals surface area contributed by atoms with Crippen LogP contribution in [0.5, 0.6) is 0 Å². The second kappa shape index (κ2) is 6.88. The molecule has 0 heterocycles. The molecule has 4 heteroatoms. The summed E-state index contributed by atoms with van der Waals surface area (Å²) >= 11 is 0. The molecule has 0 atom stereocenters. The van der Waals surface area contributed by atoms with Crippen molar-refractivity contribution in [2.75, 3.05) is 13.2 Å². The number of aliphatic hydroxyl groups excluding tert-OH is 2. The fraction of sp³-hybridized carbons (Fsp3) is 0.444. The number of rotatable bonds is 5. The molecule has 1 aliphatic rings. The molecular formula is C18H23NO3. The summed E-state index contributed by atoms with van der Waals surface area (Å²) in [6.45, 7) is 4.10. The zero-order valence-electron chi connectivity index (χ0n) is 13.2. The molecule has 22 heavy (non-hydrogen) atoms. The van der Waals surface area contributed by atoms with E-state index in [1.165, 1.54) is 0 Å². The first-order valence-corrected chi connectivity index (χ1v) is 7.57. The molecule has 118 valence electrons. The summed E-state index contributed by atoms with van der Waals surface area (Å²) in [5.41, 5.74) is 1.71. The van der Waals surface area contributed by atoms with Crippen LogP contribution in [0.3, 0.4) is 0 Å². The molecule has 0 fully saturated rings. The number of hydrogen-bond acceptors (Lipinski definition) is 4. The predicted octanol–water partition coefficient (Wildman–Crippen LogP) is 2.86. The van der Waals surface area contributed by atoms with E-state index in [2.05, 4.69) is 4.99 Å². The van der Waals surface area contributed by atoms with Gasteiger partial charge in [-0.2, -0.15) is 0 Å². The van der Waals surface area contributed by atoms with Crippen molar-refractivity contribution < 1.29 is 15.0 Å². The van der Waals surface area contributed by atoms with Crippen molar-refractivity contribution >= 4 is 11.5 Å². The van der Waals surface area contributed by atoms with E-state index in [0.29, 0.717) is 30.5 Å². The normalized spacial score (nSPS) is 18.7. The van der Waals surface area contributed by atoms with Gasteiger partial charge in [0.05, 0.1) is 24.4 Å². The Bertz CT molecular complexity index is 600. The number of Topliss-reactive ketones (excluding diaryl/α,β-unsaturated/α-hetero) is 1. The first-order chi connectivity index (χ1) is 10.4. The minimum Gasteiger partial charge on any atom is -0.511 e. The van der Waals surface area contributed by atoms with Crippen molar-refractivity contribution in [3.63, 3.8) is 0 Å². The maximum Gasteiger partial charge on any atom is 0.168 e. The van der Waals surface area contributed by atoms with Crippen LogP contribution in [0, 0.1) is 5.41 Å². The Balaban J connectivity index is 2.35. The van der Waals surface area contributed by atoms with Gasteiger partial charge in [-0.05, 0) is 11.0 Å². The van der Waals surface area contributed by atoms with E-state index in [1.807, 2.05) is 44.2 Å². The largest absolute Gasteiger partial charge is 0.511 e. The molecule has 0 amide bonds. The lowest BCUT2D eigenvalue weighted by Gasteiger charge is -2.30. The summed E-state index contributed by atoms with van der Waals surface area (Å²) < 4.78 is 0. The molecule has 0 saturated heterocycles. The molecule has 0 aromatic heterocycles. The van der Waals surface area contributed by atoms with Gasteiger partial charge in [-0.15, -0.1) is 0 Å². The number of aliphatic hydroxyl groups is 2. The third kappa shape index (κ3) is 4.04. The van der Waals surface area contributed by atoms with Gasteiger partial charge in [0.15, 0.2) is 5.78 Å². The highest BCUT2D eigenvalue weighted by atomic mass is 16.3. The molecule has 0 aliphatic heterocycles. The van der Waals surface area contributed by atoms with Gasteiger partial charge in [0.1, 0.15) is 5.76 Å². The Hall–Kier alpha value is -1.94. The maximum atomic E-state index is 12.5. The SMILES string of the molecule is CC1(C)CC(=O)C(C(Cc2ccccc2)=NCCO)=C(O)C1. The number of aliphatic imine (C=N–C) groups is 1. The van der Waals surface area contributed by atoms with Gasteiger partial charge in [-0.1, -0.05) is 44.2 Å². The molecule has 1 aliphatic carbocycles. The van der Waals surface area contributed by atoms with Crippen LogP contribution < -0.4 is 0 Å². The Morgan fingerprint density at radius 3 is 2.50 bits per heavy atom. The fourth-order valence-electron chi connectivity index (χ4n) is 2.81. The van der Waals surface area contributed by atoms with Gasteiger partial charge in [0.2, 0.25) is 0 Å². The summed E-state index contributed by atoms with van der Waals surface area (Å²) in [5.74, 6) is 0.0511. The Morgan fingerprint density at radius 1 is 1.23 bits per heavy atom. The van der Waals surface area contributed by atoms with Crippen LogP contribution in [-0.4, -0.2) is 34.9 Å². The minimum atomic E-state index is -0.223. The monoisotopic (exact) mass is 301 g/mol. The number of carbonyl (C=O) groups excluding carboxylic acids is 1. The van der Waals surface area contributed by atoms with Crippen molar-refractivity contribution in [1.82, 2.24) is 0 Å². The van der Waals surface area contributed by atoms with Crippen molar-refractivity contribution in [2.45, 2.75) is 33.1 Å². The van der Waals surface area contributed by atoms with E-state index < -0.39 is 0 Å². The molecule has 0 spiro atoms. The van der Waals surface area contributed by atoms with Crippen LogP contribution in [0.15, 0.2) is 46.7 Å². The summed E-state index contributed by atoms with van der Waals surface area (Å²) in [4.78, 5) is 16.8. The van der Waals surface area contributed by atoms with Crippen LogP contribution in [0.25, 0.3) is 0 Å². The van der Waals surface area contributed by atoms with E-state index in [-0.39, 0.29) is 30.1 Å². The lowest BCUT2D eigenvalue weighted by molar-refractivity contribution is -0.117. The van der Waals surface area contributed by atoms with E-state index in [4.69, 9.17) is 5.11 Å². The van der Waals surface area contributed by atoms with Gasteiger partial charge in [0, 0.05) is 19.3 Å². The lowest BCUT2D eigenvalue weighted by atomic mass is 9.75. The molecule has 0 radical (unpaired) electrons. The summed E-state index contributed by atoms with van der Waals surface area (Å²) in [5, 5.41) is 19.4. The highest BCUT2D eigenvalue weighted by Gasteiger charge is 2.34. The Kier molecular flexibility index (Phi) is 5.14. The molecule has 1 aromatic rings. The maximum absolute atomic E-state index is 12.5. The second-order valence-corrected chi connectivity index (χ2v) is 6.48. The van der Waals surface area contributed by atoms with Crippen LogP contribution in [0.4, 0.5) is 0 Å². The lowest BCUT2D eigenvalue weighted by Crippen LogP contribution is -2.30. The molecule has 2 N–H and O–H groups in total. The fourth-order valence-corrected chi connectivity index (χ4v) is 2.81. The highest BCUT2D eigenvalue weighted by Crippen LogP contribution is 2.36. The predicted molar refractivity (Wildman–Crippen MR) is 87.2 cm³/mol. The molecule has 2 rings (SSSR count). The zero-order chi connectivity index (χ0) is 16.2. The number of carbonyl (C=O) groups is 1. The summed E-state index contributed by atoms with van der Waals surface area (Å²) in [7, 11) is 0. The topological polar surface area (TPSA) is 69.9 Å². The van der Waals surface area contributed by atoms with Crippen molar-refractivity contribution in [3.05, 3.63) is 47.2 Å². The standard InChI is InChI=1S/C18H23NO3/c1-18(2)11-15(21)17(16(22)12-18)14(19-8-9-20)10-13-6-4-3-5-7-13/h3-7,20-21H,8-12H2,1-2H3. The first-order valence-electron chi connectivity index (χ1n) is 7.57. The number of ketones is 1. The van der Waals surface area contributed by atoms with Gasteiger partial charge in [-0.3, -0.25) is 9.79 Å². The van der Waals surface area contributed by atoms with Crippen molar-refractivity contribution in [1.29, 1.82) is 0 Å². The highest BCUT2D eigenvalue weighted by molar-refractivity contribution is 6.23. The smallest absolute Gasteiger partial charge is 0.168 e. The van der Waals surface area contributed by atoms with Crippen molar-refractivity contribution in [2.24, 2.45) is 10.4 Å². The van der Waals surface area contributed by atoms with E-state index >= 15 is 0 Å². The van der Waals surface area contributed by atoms with E-state index in [9.17, 15) is 9.90 Å². The third-order valence-electron chi connectivity index (χ3n) is 3.76. The number of benzene rings is 1. The average Bonchev–Trinajstić information content (AvgIpc) is 2.43. The van der Waals surface area contributed by atoms with Crippen LogP contribution in [0.2, 0.25) is 0 Å². The number of hydrogen-bond donors (Lipinski definition) is 2. The minimum absolute atomic E-state index is 0.0682. The van der Waals surface area contributed by atoms with Crippen LogP contribution in [-0.2, 0) is 11.2 Å². The first kappa shape index (κ1) is 16.4. The second-order valence-electron chi connectivity index (χ2n) is 6.48. The van der Waals surface area contributed by atoms with Crippen LogP contribution in [0.1, 0.15) is 32.3 Å². The van der Waals surface area contributed by atoms with Crippen molar-refractivity contribution in [3.8, 4) is 0 Å². The molecular weight excluding hydrogens is 278 g/mol. The molecule has 1 aromatic carbocycles. The molecule has 0 saturated carbocycles. The van der Waals surface area contributed by atoms with Gasteiger partial charge in [0.25, 0.3) is 0 Å². The number of allylic oxidation sites excluding steroid dienone is 2. The van der Waals surface area contributed by atoms with E-state index in [0.717, 1.165) is 5.56 Å². The molecule has 0 bridgehead atoms. The van der Waals surface area contributed by atoms with E-state index in [1.54, 1.807) is 0 Å².